The van der Waals surface area contributed by atoms with E-state index >= 15 is 0 Å². The molecule has 1 atom stereocenters. The highest BCUT2D eigenvalue weighted by Crippen LogP contribution is 2.38. The number of hydrogen-bond acceptors (Lipinski definition) is 6. The van der Waals surface area contributed by atoms with Crippen LogP contribution in [0.25, 0.3) is 6.08 Å². The van der Waals surface area contributed by atoms with Gasteiger partial charge in [-0.25, -0.2) is 0 Å². The first-order valence-electron chi connectivity index (χ1n) is 9.65. The molecule has 0 aliphatic carbocycles. The Hall–Kier alpha value is -2.51. The fourth-order valence-corrected chi connectivity index (χ4v) is 4.77. The molecule has 31 heavy (non-hydrogen) atoms. The largest absolute Gasteiger partial charge is 0.493 e. The summed E-state index contributed by atoms with van der Waals surface area (Å²) >= 11 is 3.09. The molecule has 8 heteroatoms. The highest BCUT2D eigenvalue weighted by Gasteiger charge is 2.37. The van der Waals surface area contributed by atoms with Crippen LogP contribution in [0.4, 0.5) is 4.79 Å². The Morgan fingerprint density at radius 3 is 2.71 bits per heavy atom. The van der Waals surface area contributed by atoms with Crippen molar-refractivity contribution in [2.45, 2.75) is 32.9 Å². The van der Waals surface area contributed by atoms with E-state index in [2.05, 4.69) is 28.7 Å². The number of carbonyl (C=O) groups excluding carboxylic acids is 2. The van der Waals surface area contributed by atoms with Crippen molar-refractivity contribution in [3.63, 3.8) is 0 Å². The van der Waals surface area contributed by atoms with E-state index in [1.807, 2.05) is 38.1 Å². The molecule has 0 radical (unpaired) electrons. The molecular formula is C23H21IN2O4S. The first-order chi connectivity index (χ1) is 14.9. The normalized spacial score (nSPS) is 15.8. The zero-order chi connectivity index (χ0) is 22.5. The van der Waals surface area contributed by atoms with Gasteiger partial charge in [0.25, 0.3) is 11.1 Å². The topological polar surface area (TPSA) is 79.6 Å². The maximum atomic E-state index is 12.7. The Bertz CT molecular complexity index is 1090. The van der Waals surface area contributed by atoms with Gasteiger partial charge in [-0.05, 0) is 77.5 Å². The smallest absolute Gasteiger partial charge is 0.293 e. The number of methoxy groups -OCH3 is 1. The van der Waals surface area contributed by atoms with Gasteiger partial charge in [-0.15, -0.1) is 0 Å². The summed E-state index contributed by atoms with van der Waals surface area (Å²) in [7, 11) is 1.54. The molecule has 2 amide bonds. The molecule has 0 spiro atoms. The molecule has 0 N–H and O–H groups in total. The number of ether oxygens (including phenoxy) is 2. The molecule has 0 saturated carbocycles. The number of amides is 2. The van der Waals surface area contributed by atoms with Crippen LogP contribution in [-0.4, -0.2) is 29.2 Å². The summed E-state index contributed by atoms with van der Waals surface area (Å²) in [5.41, 5.74) is 2.08. The molecule has 1 heterocycles. The maximum absolute atomic E-state index is 12.7. The Kier molecular flexibility index (Phi) is 7.62. The third-order valence-electron chi connectivity index (χ3n) is 4.91. The quantitative estimate of drug-likeness (QED) is 0.332. The molecule has 1 saturated heterocycles. The first-order valence-corrected chi connectivity index (χ1v) is 11.5. The average Bonchev–Trinajstić information content (AvgIpc) is 3.04. The molecule has 2 aromatic carbocycles. The lowest BCUT2D eigenvalue weighted by Gasteiger charge is -2.19. The second-order valence-electron chi connectivity index (χ2n) is 6.90. The number of imide groups is 1. The standard InChI is InChI=1S/C23H21IN2O4S/c1-4-14(2)26-22(27)20(31-23(26)28)11-15-9-18(24)21(19(10-15)29-3)30-13-17-8-6-5-7-16(17)12-25/h5-11,14H,4,13H2,1-3H3/b20-11-/t14-/m0/s1. The van der Waals surface area contributed by atoms with E-state index < -0.39 is 0 Å². The Morgan fingerprint density at radius 2 is 2.03 bits per heavy atom. The Balaban J connectivity index is 1.86. The second-order valence-corrected chi connectivity index (χ2v) is 9.06. The number of carbonyl (C=O) groups is 2. The lowest BCUT2D eigenvalue weighted by Crippen LogP contribution is -2.36. The average molecular weight is 548 g/mol. The summed E-state index contributed by atoms with van der Waals surface area (Å²) < 4.78 is 12.3. The SMILES string of the molecule is CC[C@H](C)N1C(=O)S/C(=C\c2cc(I)c(OCc3ccccc3C#N)c(OC)c2)C1=O. The molecule has 1 aliphatic heterocycles. The zero-order valence-electron chi connectivity index (χ0n) is 17.3. The number of halogens is 1. The van der Waals surface area contributed by atoms with Gasteiger partial charge < -0.3 is 9.47 Å². The van der Waals surface area contributed by atoms with Crippen molar-refractivity contribution in [3.05, 3.63) is 61.6 Å². The summed E-state index contributed by atoms with van der Waals surface area (Å²) in [5, 5.41) is 9.01. The maximum Gasteiger partial charge on any atom is 0.293 e. The third kappa shape index (κ3) is 5.05. The van der Waals surface area contributed by atoms with Crippen LogP contribution in [0.15, 0.2) is 41.3 Å². The van der Waals surface area contributed by atoms with Crippen molar-refractivity contribution in [2.75, 3.05) is 7.11 Å². The van der Waals surface area contributed by atoms with Crippen LogP contribution in [0.1, 0.15) is 37.0 Å². The predicted octanol–water partition coefficient (Wildman–Crippen LogP) is 5.59. The van der Waals surface area contributed by atoms with E-state index in [4.69, 9.17) is 9.47 Å². The molecule has 160 valence electrons. The lowest BCUT2D eigenvalue weighted by atomic mass is 10.1. The van der Waals surface area contributed by atoms with E-state index in [1.54, 1.807) is 25.3 Å². The first kappa shape index (κ1) is 23.2. The van der Waals surface area contributed by atoms with E-state index in [0.717, 1.165) is 26.5 Å². The fraction of sp³-hybridized carbons (Fsp3) is 0.261. The van der Waals surface area contributed by atoms with Crippen molar-refractivity contribution in [3.8, 4) is 17.6 Å². The van der Waals surface area contributed by atoms with E-state index in [-0.39, 0.29) is 23.8 Å². The van der Waals surface area contributed by atoms with Gasteiger partial charge in [0.1, 0.15) is 6.61 Å². The van der Waals surface area contributed by atoms with Gasteiger partial charge in [0.2, 0.25) is 0 Å². The van der Waals surface area contributed by atoms with Gasteiger partial charge in [0, 0.05) is 11.6 Å². The van der Waals surface area contributed by atoms with Crippen LogP contribution in [0, 0.1) is 14.9 Å². The lowest BCUT2D eigenvalue weighted by molar-refractivity contribution is -0.124. The highest BCUT2D eigenvalue weighted by atomic mass is 127. The van der Waals surface area contributed by atoms with Crippen LogP contribution in [0.2, 0.25) is 0 Å². The van der Waals surface area contributed by atoms with Gasteiger partial charge >= 0.3 is 0 Å². The summed E-state index contributed by atoms with van der Waals surface area (Å²) in [6.45, 7) is 4.03. The number of rotatable bonds is 7. The number of nitriles is 1. The minimum absolute atomic E-state index is 0.139. The van der Waals surface area contributed by atoms with Crippen LogP contribution >= 0.6 is 34.4 Å². The van der Waals surface area contributed by atoms with Crippen LogP contribution < -0.4 is 9.47 Å². The van der Waals surface area contributed by atoms with Gasteiger partial charge in [0.05, 0.1) is 27.2 Å². The summed E-state index contributed by atoms with van der Waals surface area (Å²) in [4.78, 5) is 26.6. The minimum Gasteiger partial charge on any atom is -0.493 e. The fourth-order valence-electron chi connectivity index (χ4n) is 3.06. The van der Waals surface area contributed by atoms with Crippen LogP contribution in [0.3, 0.4) is 0 Å². The second kappa shape index (κ2) is 10.2. The number of benzene rings is 2. The van der Waals surface area contributed by atoms with Crippen LogP contribution in [0.5, 0.6) is 11.5 Å². The highest BCUT2D eigenvalue weighted by molar-refractivity contribution is 14.1. The summed E-state index contributed by atoms with van der Waals surface area (Å²) in [5.74, 6) is 0.793. The van der Waals surface area contributed by atoms with E-state index in [9.17, 15) is 14.9 Å². The van der Waals surface area contributed by atoms with Gasteiger partial charge in [-0.3, -0.25) is 14.5 Å². The van der Waals surface area contributed by atoms with E-state index in [0.29, 0.717) is 28.4 Å². The van der Waals surface area contributed by atoms with Crippen molar-refractivity contribution in [2.24, 2.45) is 0 Å². The molecule has 0 unspecified atom stereocenters. The number of thioether (sulfide) groups is 1. The Labute approximate surface area is 199 Å². The summed E-state index contributed by atoms with van der Waals surface area (Å²) in [6, 6.07) is 12.9. The number of hydrogen-bond donors (Lipinski definition) is 0. The molecule has 1 fully saturated rings. The summed E-state index contributed by atoms with van der Waals surface area (Å²) in [6.07, 6.45) is 2.41. The van der Waals surface area contributed by atoms with E-state index in [1.165, 1.54) is 4.90 Å². The van der Waals surface area contributed by atoms with Gasteiger partial charge in [-0.2, -0.15) is 5.26 Å². The molecule has 6 nitrogen and oxygen atoms in total. The molecule has 0 aromatic heterocycles. The third-order valence-corrected chi connectivity index (χ3v) is 6.60. The predicted molar refractivity (Wildman–Crippen MR) is 129 cm³/mol. The zero-order valence-corrected chi connectivity index (χ0v) is 20.3. The molecule has 0 bridgehead atoms. The van der Waals surface area contributed by atoms with Crippen molar-refractivity contribution in [1.29, 1.82) is 5.26 Å². The monoisotopic (exact) mass is 548 g/mol. The Morgan fingerprint density at radius 1 is 1.29 bits per heavy atom. The van der Waals surface area contributed by atoms with Crippen molar-refractivity contribution in [1.82, 2.24) is 4.90 Å². The number of nitrogens with zero attached hydrogens (tertiary/aromatic N) is 2. The molecule has 1 aliphatic rings. The molecule has 2 aromatic rings. The molecular weight excluding hydrogens is 527 g/mol. The van der Waals surface area contributed by atoms with Crippen LogP contribution in [-0.2, 0) is 11.4 Å². The molecule has 3 rings (SSSR count). The van der Waals surface area contributed by atoms with Gasteiger partial charge in [-0.1, -0.05) is 25.1 Å². The van der Waals surface area contributed by atoms with Crippen molar-refractivity contribution >= 4 is 51.6 Å². The minimum atomic E-state index is -0.272. The van der Waals surface area contributed by atoms with Gasteiger partial charge in [0.15, 0.2) is 11.5 Å². The van der Waals surface area contributed by atoms with Crippen molar-refractivity contribution < 1.29 is 19.1 Å².